The molecule has 0 radical (unpaired) electrons. The van der Waals surface area contributed by atoms with E-state index in [1.165, 1.54) is 4.57 Å². The largest absolute Gasteiger partial charge is 0.420 e. The molecule has 2 N–H and O–H groups in total. The number of fused-ring (bicyclic) bond motifs is 1. The fraction of sp³-hybridized carbons (Fsp3) is 0.182. The Kier molecular flexibility index (Phi) is 2.43. The Morgan fingerprint density at radius 2 is 2.20 bits per heavy atom. The molecule has 2 rings (SSSR count). The normalized spacial score (nSPS) is 10.7. The second-order valence-corrected chi connectivity index (χ2v) is 3.38. The molecule has 1 heterocycles. The van der Waals surface area contributed by atoms with E-state index in [9.17, 15) is 4.79 Å². The summed E-state index contributed by atoms with van der Waals surface area (Å²) in [4.78, 5) is 11.5. The van der Waals surface area contributed by atoms with Gasteiger partial charge in [-0.1, -0.05) is 18.7 Å². The predicted molar refractivity (Wildman–Crippen MR) is 58.7 cm³/mol. The van der Waals surface area contributed by atoms with Gasteiger partial charge in [-0.2, -0.15) is 0 Å². The molecule has 0 saturated carbocycles. The Morgan fingerprint density at radius 3 is 2.93 bits per heavy atom. The summed E-state index contributed by atoms with van der Waals surface area (Å²) in [5, 5.41) is 0. The summed E-state index contributed by atoms with van der Waals surface area (Å²) in [6.07, 6.45) is 0. The van der Waals surface area contributed by atoms with Crippen molar-refractivity contribution >= 4 is 11.1 Å². The van der Waals surface area contributed by atoms with Crippen LogP contribution in [0.1, 0.15) is 0 Å². The summed E-state index contributed by atoms with van der Waals surface area (Å²) in [6, 6.07) is 7.29. The van der Waals surface area contributed by atoms with Crippen molar-refractivity contribution in [3.63, 3.8) is 0 Å². The highest BCUT2D eigenvalue weighted by Gasteiger charge is 2.08. The van der Waals surface area contributed by atoms with E-state index in [1.54, 1.807) is 6.07 Å². The Hall–Kier alpha value is -1.81. The lowest BCUT2D eigenvalue weighted by Crippen LogP contribution is -2.18. The zero-order chi connectivity index (χ0) is 10.8. The molecule has 1 aromatic heterocycles. The number of benzene rings is 1. The molecule has 0 aliphatic rings. The van der Waals surface area contributed by atoms with E-state index in [2.05, 4.69) is 6.58 Å². The van der Waals surface area contributed by atoms with E-state index in [1.807, 2.05) is 18.2 Å². The Bertz CT molecular complexity index is 551. The summed E-state index contributed by atoms with van der Waals surface area (Å²) in [5.41, 5.74) is 7.60. The van der Waals surface area contributed by atoms with Gasteiger partial charge in [0.15, 0.2) is 5.58 Å². The van der Waals surface area contributed by atoms with Crippen molar-refractivity contribution in [3.05, 3.63) is 47.0 Å². The van der Waals surface area contributed by atoms with Gasteiger partial charge in [0.2, 0.25) is 0 Å². The van der Waals surface area contributed by atoms with Crippen molar-refractivity contribution in [3.8, 4) is 0 Å². The van der Waals surface area contributed by atoms with Crippen LogP contribution in [0, 0.1) is 0 Å². The van der Waals surface area contributed by atoms with Gasteiger partial charge in [0.1, 0.15) is 0 Å². The molecular formula is C11H12N2O2. The standard InChI is InChI=1S/C11H12N2O2/c1-8(6-12)7-13-9-4-2-3-5-10(9)15-11(13)14/h2-5H,1,6-7,12H2. The highest BCUT2D eigenvalue weighted by molar-refractivity contribution is 5.72. The zero-order valence-electron chi connectivity index (χ0n) is 8.27. The molecule has 4 nitrogen and oxygen atoms in total. The lowest BCUT2D eigenvalue weighted by molar-refractivity contribution is 0.516. The molecular weight excluding hydrogens is 192 g/mol. The quantitative estimate of drug-likeness (QED) is 0.762. The molecule has 0 atom stereocenters. The average molecular weight is 204 g/mol. The number of hydrogen-bond donors (Lipinski definition) is 1. The summed E-state index contributed by atoms with van der Waals surface area (Å²) in [5.74, 6) is -0.370. The lowest BCUT2D eigenvalue weighted by Gasteiger charge is -2.02. The van der Waals surface area contributed by atoms with Crippen LogP contribution < -0.4 is 11.5 Å². The molecule has 15 heavy (non-hydrogen) atoms. The maximum absolute atomic E-state index is 11.5. The molecule has 0 bridgehead atoms. The number of nitrogens with two attached hydrogens (primary N) is 1. The number of para-hydroxylation sites is 2. The SMILES string of the molecule is C=C(CN)Cn1c(=O)oc2ccccc21. The van der Waals surface area contributed by atoms with Crippen LogP contribution in [0.4, 0.5) is 0 Å². The summed E-state index contributed by atoms with van der Waals surface area (Å²) >= 11 is 0. The second-order valence-electron chi connectivity index (χ2n) is 3.38. The van der Waals surface area contributed by atoms with Crippen LogP contribution >= 0.6 is 0 Å². The van der Waals surface area contributed by atoms with E-state index in [0.29, 0.717) is 18.7 Å². The monoisotopic (exact) mass is 204 g/mol. The fourth-order valence-electron chi connectivity index (χ4n) is 1.45. The molecule has 0 aliphatic heterocycles. The number of hydrogen-bond acceptors (Lipinski definition) is 3. The molecule has 4 heteroatoms. The van der Waals surface area contributed by atoms with E-state index < -0.39 is 0 Å². The highest BCUT2D eigenvalue weighted by atomic mass is 16.4. The van der Waals surface area contributed by atoms with Crippen molar-refractivity contribution in [1.82, 2.24) is 4.57 Å². The van der Waals surface area contributed by atoms with Gasteiger partial charge in [-0.15, -0.1) is 0 Å². The summed E-state index contributed by atoms with van der Waals surface area (Å²) in [7, 11) is 0. The topological polar surface area (TPSA) is 61.2 Å². The van der Waals surface area contributed by atoms with Crippen LogP contribution in [-0.2, 0) is 6.54 Å². The van der Waals surface area contributed by atoms with Crippen LogP contribution in [-0.4, -0.2) is 11.1 Å². The van der Waals surface area contributed by atoms with Crippen LogP contribution in [0.15, 0.2) is 45.6 Å². The van der Waals surface area contributed by atoms with Gasteiger partial charge >= 0.3 is 5.76 Å². The molecule has 78 valence electrons. The molecule has 0 unspecified atom stereocenters. The molecule has 0 saturated heterocycles. The van der Waals surface area contributed by atoms with Gasteiger partial charge in [-0.3, -0.25) is 4.57 Å². The third-order valence-corrected chi connectivity index (χ3v) is 2.24. The number of aromatic nitrogens is 1. The van der Waals surface area contributed by atoms with Gasteiger partial charge in [-0.05, 0) is 17.7 Å². The van der Waals surface area contributed by atoms with E-state index >= 15 is 0 Å². The fourth-order valence-corrected chi connectivity index (χ4v) is 1.45. The molecule has 1 aromatic carbocycles. The van der Waals surface area contributed by atoms with Gasteiger partial charge in [0.05, 0.1) is 12.1 Å². The first-order valence-corrected chi connectivity index (χ1v) is 4.67. The smallest absolute Gasteiger partial charge is 0.408 e. The molecule has 0 amide bonds. The first-order chi connectivity index (χ1) is 7.22. The molecule has 0 fully saturated rings. The van der Waals surface area contributed by atoms with Crippen LogP contribution in [0.25, 0.3) is 11.1 Å². The van der Waals surface area contributed by atoms with Crippen LogP contribution in [0.2, 0.25) is 0 Å². The summed E-state index contributed by atoms with van der Waals surface area (Å²) in [6.45, 7) is 4.55. The first-order valence-electron chi connectivity index (χ1n) is 4.67. The number of rotatable bonds is 3. The van der Waals surface area contributed by atoms with Crippen molar-refractivity contribution in [1.29, 1.82) is 0 Å². The van der Waals surface area contributed by atoms with Crippen molar-refractivity contribution < 1.29 is 4.42 Å². The maximum atomic E-state index is 11.5. The minimum Gasteiger partial charge on any atom is -0.408 e. The maximum Gasteiger partial charge on any atom is 0.420 e. The van der Waals surface area contributed by atoms with Crippen molar-refractivity contribution in [2.75, 3.05) is 6.54 Å². The van der Waals surface area contributed by atoms with Crippen LogP contribution in [0.5, 0.6) is 0 Å². The third kappa shape index (κ3) is 1.71. The summed E-state index contributed by atoms with van der Waals surface area (Å²) < 4.78 is 6.60. The Labute approximate surface area is 86.6 Å². The van der Waals surface area contributed by atoms with Crippen molar-refractivity contribution in [2.45, 2.75) is 6.54 Å². The van der Waals surface area contributed by atoms with Gasteiger partial charge in [-0.25, -0.2) is 4.79 Å². The Balaban J connectivity index is 2.54. The highest BCUT2D eigenvalue weighted by Crippen LogP contribution is 2.12. The average Bonchev–Trinajstić information content (AvgIpc) is 2.55. The van der Waals surface area contributed by atoms with Gasteiger partial charge < -0.3 is 10.2 Å². The number of nitrogens with zero attached hydrogens (tertiary/aromatic N) is 1. The lowest BCUT2D eigenvalue weighted by atomic mass is 10.3. The van der Waals surface area contributed by atoms with Gasteiger partial charge in [0.25, 0.3) is 0 Å². The first kappa shape index (κ1) is 9.73. The third-order valence-electron chi connectivity index (χ3n) is 2.24. The molecule has 2 aromatic rings. The number of oxazole rings is 1. The van der Waals surface area contributed by atoms with E-state index in [0.717, 1.165) is 11.1 Å². The zero-order valence-corrected chi connectivity index (χ0v) is 8.27. The minimum absolute atomic E-state index is 0.367. The molecule has 0 aliphatic carbocycles. The van der Waals surface area contributed by atoms with E-state index in [4.69, 9.17) is 10.2 Å². The van der Waals surface area contributed by atoms with Gasteiger partial charge in [0, 0.05) is 6.54 Å². The molecule has 0 spiro atoms. The second kappa shape index (κ2) is 3.74. The minimum atomic E-state index is -0.370. The predicted octanol–water partition coefficient (Wildman–Crippen LogP) is 1.11. The Morgan fingerprint density at radius 1 is 1.47 bits per heavy atom. The van der Waals surface area contributed by atoms with Crippen molar-refractivity contribution in [2.24, 2.45) is 5.73 Å². The van der Waals surface area contributed by atoms with E-state index in [-0.39, 0.29) is 5.76 Å². The van der Waals surface area contributed by atoms with Crippen LogP contribution in [0.3, 0.4) is 0 Å².